The second-order valence-electron chi connectivity index (χ2n) is 6.29. The van der Waals surface area contributed by atoms with E-state index in [-0.39, 0.29) is 18.2 Å². The Bertz CT molecular complexity index is 286. The minimum Gasteiger partial charge on any atom is -0.444 e. The van der Waals surface area contributed by atoms with Crippen molar-refractivity contribution in [1.82, 2.24) is 9.80 Å². The third-order valence-electron chi connectivity index (χ3n) is 3.10. The molecule has 1 aliphatic rings. The summed E-state index contributed by atoms with van der Waals surface area (Å²) in [7, 11) is 4.05. The Balaban J connectivity index is 2.60. The van der Waals surface area contributed by atoms with Crippen molar-refractivity contribution < 1.29 is 9.53 Å². The average Bonchev–Trinajstić information content (AvgIpc) is 2.54. The van der Waals surface area contributed by atoms with Crippen LogP contribution in [-0.2, 0) is 4.74 Å². The maximum atomic E-state index is 12.1. The Hall–Kier alpha value is -0.810. The number of nitrogens with two attached hydrogens (primary N) is 1. The lowest BCUT2D eigenvalue weighted by Gasteiger charge is -2.30. The summed E-state index contributed by atoms with van der Waals surface area (Å²) in [5.41, 5.74) is 5.64. The largest absolute Gasteiger partial charge is 0.444 e. The molecule has 1 aliphatic heterocycles. The van der Waals surface area contributed by atoms with Crippen LogP contribution in [-0.4, -0.2) is 60.8 Å². The number of nitrogens with zero attached hydrogens (tertiary/aromatic N) is 2. The first kappa shape index (κ1) is 15.2. The summed E-state index contributed by atoms with van der Waals surface area (Å²) in [6, 6.07) is 0.166. The molecule has 5 nitrogen and oxygen atoms in total. The molecule has 0 aromatic rings. The lowest BCUT2D eigenvalue weighted by atomic mass is 10.1. The maximum absolute atomic E-state index is 12.1. The zero-order chi connectivity index (χ0) is 13.9. The van der Waals surface area contributed by atoms with Crippen molar-refractivity contribution in [1.29, 1.82) is 0 Å². The van der Waals surface area contributed by atoms with E-state index in [1.54, 1.807) is 4.90 Å². The molecular formula is C13H27N3O2. The minimum absolute atomic E-state index is 0.0671. The van der Waals surface area contributed by atoms with Gasteiger partial charge < -0.3 is 20.3 Å². The van der Waals surface area contributed by atoms with E-state index in [0.717, 1.165) is 19.4 Å². The first-order valence-corrected chi connectivity index (χ1v) is 6.60. The standard InChI is InChI=1S/C13H27N3O2/c1-13(2,3)18-12(17)16-9-6-10(14)11(16)7-8-15(4)5/h10-11H,6-9,14H2,1-5H3/t10-,11+/m1/s1. The second-order valence-corrected chi connectivity index (χ2v) is 6.29. The molecule has 1 fully saturated rings. The molecule has 0 unspecified atom stereocenters. The van der Waals surface area contributed by atoms with E-state index in [1.165, 1.54) is 0 Å². The zero-order valence-electron chi connectivity index (χ0n) is 12.3. The molecule has 106 valence electrons. The second kappa shape index (κ2) is 5.89. The van der Waals surface area contributed by atoms with Crippen LogP contribution in [0.1, 0.15) is 33.6 Å². The number of amides is 1. The molecule has 0 bridgehead atoms. The van der Waals surface area contributed by atoms with Crippen molar-refractivity contribution in [3.8, 4) is 0 Å². The predicted octanol–water partition coefficient (Wildman–Crippen LogP) is 1.27. The van der Waals surface area contributed by atoms with Gasteiger partial charge in [-0.2, -0.15) is 0 Å². The Kier molecular flexibility index (Phi) is 4.99. The van der Waals surface area contributed by atoms with Gasteiger partial charge in [-0.05, 0) is 54.3 Å². The fourth-order valence-corrected chi connectivity index (χ4v) is 2.19. The molecule has 0 radical (unpaired) electrons. The van der Waals surface area contributed by atoms with Gasteiger partial charge in [0, 0.05) is 12.6 Å². The number of hydrogen-bond donors (Lipinski definition) is 1. The highest BCUT2D eigenvalue weighted by molar-refractivity contribution is 5.69. The third kappa shape index (κ3) is 4.46. The summed E-state index contributed by atoms with van der Waals surface area (Å²) in [6.07, 6.45) is 1.52. The summed E-state index contributed by atoms with van der Waals surface area (Å²) in [6.45, 7) is 7.28. The molecular weight excluding hydrogens is 230 g/mol. The molecule has 0 aliphatic carbocycles. The highest BCUT2D eigenvalue weighted by atomic mass is 16.6. The van der Waals surface area contributed by atoms with E-state index in [1.807, 2.05) is 34.9 Å². The van der Waals surface area contributed by atoms with Gasteiger partial charge in [0.1, 0.15) is 5.60 Å². The highest BCUT2D eigenvalue weighted by Gasteiger charge is 2.36. The summed E-state index contributed by atoms with van der Waals surface area (Å²) in [5, 5.41) is 0. The summed E-state index contributed by atoms with van der Waals surface area (Å²) in [4.78, 5) is 16.0. The van der Waals surface area contributed by atoms with Crippen LogP contribution in [0.25, 0.3) is 0 Å². The smallest absolute Gasteiger partial charge is 0.410 e. The molecule has 0 aromatic heterocycles. The zero-order valence-corrected chi connectivity index (χ0v) is 12.3. The Morgan fingerprint density at radius 2 is 2.06 bits per heavy atom. The summed E-state index contributed by atoms with van der Waals surface area (Å²) < 4.78 is 5.42. The topological polar surface area (TPSA) is 58.8 Å². The van der Waals surface area contributed by atoms with Gasteiger partial charge in [-0.1, -0.05) is 0 Å². The van der Waals surface area contributed by atoms with Gasteiger partial charge in [-0.25, -0.2) is 4.79 Å². The van der Waals surface area contributed by atoms with Gasteiger partial charge in [0.2, 0.25) is 0 Å². The Morgan fingerprint density at radius 1 is 1.44 bits per heavy atom. The van der Waals surface area contributed by atoms with Crippen molar-refractivity contribution in [2.75, 3.05) is 27.2 Å². The molecule has 18 heavy (non-hydrogen) atoms. The molecule has 2 atom stereocenters. The molecule has 0 saturated carbocycles. The van der Waals surface area contributed by atoms with Gasteiger partial charge in [0.25, 0.3) is 0 Å². The monoisotopic (exact) mass is 257 g/mol. The molecule has 1 saturated heterocycles. The SMILES string of the molecule is CN(C)CC[C@H]1[C@H](N)CCN1C(=O)OC(C)(C)C. The normalized spacial score (nSPS) is 24.7. The van der Waals surface area contributed by atoms with Gasteiger partial charge in [0.05, 0.1) is 6.04 Å². The lowest BCUT2D eigenvalue weighted by Crippen LogP contribution is -2.45. The molecule has 2 N–H and O–H groups in total. The summed E-state index contributed by atoms with van der Waals surface area (Å²) >= 11 is 0. The number of carbonyl (C=O) groups is 1. The molecule has 5 heteroatoms. The molecule has 1 rings (SSSR count). The quantitative estimate of drug-likeness (QED) is 0.827. The van der Waals surface area contributed by atoms with Crippen molar-refractivity contribution >= 4 is 6.09 Å². The Labute approximate surface area is 110 Å². The van der Waals surface area contributed by atoms with E-state index in [0.29, 0.717) is 6.54 Å². The van der Waals surface area contributed by atoms with Gasteiger partial charge in [-0.15, -0.1) is 0 Å². The number of likely N-dealkylation sites (tertiary alicyclic amines) is 1. The van der Waals surface area contributed by atoms with Crippen LogP contribution in [0.3, 0.4) is 0 Å². The minimum atomic E-state index is -0.449. The van der Waals surface area contributed by atoms with E-state index in [9.17, 15) is 4.79 Å². The van der Waals surface area contributed by atoms with E-state index >= 15 is 0 Å². The maximum Gasteiger partial charge on any atom is 0.410 e. The Morgan fingerprint density at radius 3 is 2.56 bits per heavy atom. The molecule has 1 amide bonds. The van der Waals surface area contributed by atoms with E-state index in [4.69, 9.17) is 10.5 Å². The number of ether oxygens (including phenoxy) is 1. The highest BCUT2D eigenvalue weighted by Crippen LogP contribution is 2.22. The molecule has 1 heterocycles. The first-order valence-electron chi connectivity index (χ1n) is 6.60. The van der Waals surface area contributed by atoms with Crippen LogP contribution in [0, 0.1) is 0 Å². The fraction of sp³-hybridized carbons (Fsp3) is 0.923. The third-order valence-corrected chi connectivity index (χ3v) is 3.10. The van der Waals surface area contributed by atoms with Crippen LogP contribution in [0.15, 0.2) is 0 Å². The van der Waals surface area contributed by atoms with Gasteiger partial charge in [-0.3, -0.25) is 0 Å². The van der Waals surface area contributed by atoms with E-state index < -0.39 is 5.60 Å². The lowest BCUT2D eigenvalue weighted by molar-refractivity contribution is 0.0209. The van der Waals surface area contributed by atoms with Crippen LogP contribution in [0.2, 0.25) is 0 Å². The molecule has 0 aromatic carbocycles. The van der Waals surface area contributed by atoms with Crippen molar-refractivity contribution in [2.45, 2.75) is 51.3 Å². The van der Waals surface area contributed by atoms with Crippen LogP contribution in [0.4, 0.5) is 4.79 Å². The van der Waals surface area contributed by atoms with E-state index in [2.05, 4.69) is 4.90 Å². The first-order chi connectivity index (χ1) is 8.20. The van der Waals surface area contributed by atoms with Crippen LogP contribution >= 0.6 is 0 Å². The summed E-state index contributed by atoms with van der Waals surface area (Å²) in [5.74, 6) is 0. The fourth-order valence-electron chi connectivity index (χ4n) is 2.19. The predicted molar refractivity (Wildman–Crippen MR) is 72.5 cm³/mol. The van der Waals surface area contributed by atoms with Gasteiger partial charge in [0.15, 0.2) is 0 Å². The average molecular weight is 257 g/mol. The van der Waals surface area contributed by atoms with Crippen molar-refractivity contribution in [2.24, 2.45) is 5.73 Å². The number of hydrogen-bond acceptors (Lipinski definition) is 4. The number of carbonyl (C=O) groups excluding carboxylic acids is 1. The van der Waals surface area contributed by atoms with Crippen molar-refractivity contribution in [3.63, 3.8) is 0 Å². The van der Waals surface area contributed by atoms with Crippen molar-refractivity contribution in [3.05, 3.63) is 0 Å². The number of rotatable bonds is 3. The molecule has 0 spiro atoms. The van der Waals surface area contributed by atoms with Crippen LogP contribution in [0.5, 0.6) is 0 Å². The van der Waals surface area contributed by atoms with Gasteiger partial charge >= 0.3 is 6.09 Å². The van der Waals surface area contributed by atoms with Crippen LogP contribution < -0.4 is 5.73 Å².